The lowest BCUT2D eigenvalue weighted by atomic mass is 10.1. The van der Waals surface area contributed by atoms with E-state index in [0.717, 1.165) is 0 Å². The number of rotatable bonds is 5. The van der Waals surface area contributed by atoms with Crippen LogP contribution in [-0.4, -0.2) is 29.3 Å². The first-order chi connectivity index (χ1) is 8.47. The highest BCUT2D eigenvalue weighted by molar-refractivity contribution is 9.10. The lowest BCUT2D eigenvalue weighted by Crippen LogP contribution is -2.38. The summed E-state index contributed by atoms with van der Waals surface area (Å²) in [4.78, 5) is 13.9. The summed E-state index contributed by atoms with van der Waals surface area (Å²) in [6, 6.07) is 4.38. The highest BCUT2D eigenvalue weighted by Crippen LogP contribution is 2.18. The molecule has 0 aromatic heterocycles. The van der Waals surface area contributed by atoms with E-state index < -0.39 is 5.82 Å². The molecular weight excluding hydrogens is 321 g/mol. The van der Waals surface area contributed by atoms with Crippen molar-refractivity contribution in [3.63, 3.8) is 0 Å². The van der Waals surface area contributed by atoms with E-state index >= 15 is 0 Å². The zero-order chi connectivity index (χ0) is 13.7. The van der Waals surface area contributed by atoms with Gasteiger partial charge >= 0.3 is 0 Å². The molecule has 0 aliphatic heterocycles. The molecule has 0 aliphatic carbocycles. The number of nitrogens with zero attached hydrogens (tertiary/aromatic N) is 1. The number of benzene rings is 1. The number of halogens is 3. The van der Waals surface area contributed by atoms with Crippen molar-refractivity contribution >= 4 is 33.4 Å². The van der Waals surface area contributed by atoms with Crippen molar-refractivity contribution < 1.29 is 9.18 Å². The van der Waals surface area contributed by atoms with E-state index in [4.69, 9.17) is 11.6 Å². The van der Waals surface area contributed by atoms with Gasteiger partial charge in [-0.1, -0.05) is 15.9 Å². The van der Waals surface area contributed by atoms with Gasteiger partial charge in [-0.2, -0.15) is 0 Å². The molecule has 1 aromatic rings. The summed E-state index contributed by atoms with van der Waals surface area (Å²) in [6.07, 6.45) is 0.696. The van der Waals surface area contributed by atoms with Crippen molar-refractivity contribution in [2.45, 2.75) is 26.3 Å². The second-order valence-corrected chi connectivity index (χ2v) is 5.55. The summed E-state index contributed by atoms with van der Waals surface area (Å²) in [5.74, 6) is -0.314. The summed E-state index contributed by atoms with van der Waals surface area (Å²) in [5.41, 5.74) is 0.0904. The van der Waals surface area contributed by atoms with Gasteiger partial charge in [0.2, 0.25) is 0 Å². The van der Waals surface area contributed by atoms with Crippen LogP contribution >= 0.6 is 27.5 Å². The van der Waals surface area contributed by atoms with Gasteiger partial charge in [-0.3, -0.25) is 4.79 Å². The smallest absolute Gasteiger partial charge is 0.257 e. The fourth-order valence-electron chi connectivity index (χ4n) is 1.64. The Morgan fingerprint density at radius 2 is 2.17 bits per heavy atom. The minimum atomic E-state index is -0.500. The van der Waals surface area contributed by atoms with Crippen molar-refractivity contribution in [2.75, 3.05) is 12.4 Å². The van der Waals surface area contributed by atoms with E-state index in [0.29, 0.717) is 23.3 Å². The lowest BCUT2D eigenvalue weighted by Gasteiger charge is -2.26. The van der Waals surface area contributed by atoms with Crippen molar-refractivity contribution in [2.24, 2.45) is 0 Å². The Morgan fingerprint density at radius 3 is 2.72 bits per heavy atom. The summed E-state index contributed by atoms with van der Waals surface area (Å²) >= 11 is 8.88. The molecule has 0 saturated heterocycles. The van der Waals surface area contributed by atoms with Crippen LogP contribution in [0.3, 0.4) is 0 Å². The summed E-state index contributed by atoms with van der Waals surface area (Å²) in [6.45, 7) is 4.34. The van der Waals surface area contributed by atoms with Gasteiger partial charge in [0, 0.05) is 22.9 Å². The first-order valence-corrected chi connectivity index (χ1v) is 7.12. The minimum Gasteiger partial charge on any atom is -0.336 e. The monoisotopic (exact) mass is 335 g/mol. The van der Waals surface area contributed by atoms with E-state index in [1.165, 1.54) is 12.1 Å². The van der Waals surface area contributed by atoms with Crippen LogP contribution in [0.5, 0.6) is 0 Å². The van der Waals surface area contributed by atoms with E-state index in [1.807, 2.05) is 13.8 Å². The predicted octanol–water partition coefficient (Wildman–Crippen LogP) is 4.07. The number of alkyl halides is 1. The molecule has 0 radical (unpaired) electrons. The third-order valence-corrected chi connectivity index (χ3v) is 3.34. The maximum absolute atomic E-state index is 13.7. The molecule has 18 heavy (non-hydrogen) atoms. The Labute approximate surface area is 120 Å². The maximum Gasteiger partial charge on any atom is 0.257 e. The van der Waals surface area contributed by atoms with Crippen molar-refractivity contribution in [1.82, 2.24) is 4.90 Å². The molecule has 0 heterocycles. The zero-order valence-electron chi connectivity index (χ0n) is 10.4. The Balaban J connectivity index is 2.98. The third kappa shape index (κ3) is 3.95. The van der Waals surface area contributed by atoms with Crippen molar-refractivity contribution in [3.05, 3.63) is 34.1 Å². The van der Waals surface area contributed by atoms with Gasteiger partial charge in [-0.05, 0) is 38.5 Å². The minimum absolute atomic E-state index is 0.0131. The van der Waals surface area contributed by atoms with Crippen LogP contribution in [0.2, 0.25) is 0 Å². The van der Waals surface area contributed by atoms with E-state index in [-0.39, 0.29) is 17.5 Å². The molecule has 100 valence electrons. The van der Waals surface area contributed by atoms with Gasteiger partial charge < -0.3 is 4.90 Å². The fraction of sp³-hybridized carbons (Fsp3) is 0.462. The van der Waals surface area contributed by atoms with Crippen molar-refractivity contribution in [3.8, 4) is 0 Å². The van der Waals surface area contributed by atoms with Crippen LogP contribution in [0.25, 0.3) is 0 Å². The molecule has 0 spiro atoms. The van der Waals surface area contributed by atoms with Gasteiger partial charge in [0.15, 0.2) is 0 Å². The predicted molar refractivity (Wildman–Crippen MR) is 75.6 cm³/mol. The summed E-state index contributed by atoms with van der Waals surface area (Å²) in [7, 11) is 0. The number of carbonyl (C=O) groups excluding carboxylic acids is 1. The zero-order valence-corrected chi connectivity index (χ0v) is 12.8. The van der Waals surface area contributed by atoms with E-state index in [2.05, 4.69) is 15.9 Å². The molecule has 0 bridgehead atoms. The van der Waals surface area contributed by atoms with Crippen LogP contribution in [0.15, 0.2) is 22.7 Å². The molecular formula is C13H16BrClFNO. The normalized spacial score (nSPS) is 10.8. The average Bonchev–Trinajstić information content (AvgIpc) is 2.32. The maximum atomic E-state index is 13.7. The Kier molecular flexibility index (Phi) is 6.09. The van der Waals surface area contributed by atoms with E-state index in [9.17, 15) is 9.18 Å². The van der Waals surface area contributed by atoms with Crippen LogP contribution < -0.4 is 0 Å². The third-order valence-electron chi connectivity index (χ3n) is 2.58. The highest BCUT2D eigenvalue weighted by Gasteiger charge is 2.21. The number of carbonyl (C=O) groups is 1. The highest BCUT2D eigenvalue weighted by atomic mass is 79.9. The topological polar surface area (TPSA) is 20.3 Å². The van der Waals surface area contributed by atoms with Gasteiger partial charge in [-0.15, -0.1) is 11.6 Å². The molecule has 0 atom stereocenters. The first-order valence-electron chi connectivity index (χ1n) is 5.79. The number of hydrogen-bond acceptors (Lipinski definition) is 1. The average molecular weight is 337 g/mol. The second kappa shape index (κ2) is 7.10. The lowest BCUT2D eigenvalue weighted by molar-refractivity contribution is 0.0701. The quantitative estimate of drug-likeness (QED) is 0.742. The van der Waals surface area contributed by atoms with E-state index in [1.54, 1.807) is 11.0 Å². The van der Waals surface area contributed by atoms with Crippen LogP contribution in [0, 0.1) is 5.82 Å². The molecule has 1 aromatic carbocycles. The molecule has 1 rings (SSSR count). The molecule has 0 N–H and O–H groups in total. The fourth-order valence-corrected chi connectivity index (χ4v) is 2.12. The van der Waals surface area contributed by atoms with Crippen LogP contribution in [0.1, 0.15) is 30.6 Å². The summed E-state index contributed by atoms with van der Waals surface area (Å²) in [5, 5.41) is 0. The molecule has 5 heteroatoms. The van der Waals surface area contributed by atoms with Gasteiger partial charge in [0.25, 0.3) is 5.91 Å². The SMILES string of the molecule is CC(C)N(CCCCl)C(=O)c1cc(Br)ccc1F. The van der Waals surface area contributed by atoms with Gasteiger partial charge in [0.05, 0.1) is 5.56 Å². The molecule has 0 saturated carbocycles. The number of hydrogen-bond donors (Lipinski definition) is 0. The van der Waals surface area contributed by atoms with Gasteiger partial charge in [0.1, 0.15) is 5.82 Å². The number of amides is 1. The molecule has 0 fully saturated rings. The molecule has 2 nitrogen and oxygen atoms in total. The Hall–Kier alpha value is -0.610. The molecule has 0 unspecified atom stereocenters. The summed E-state index contributed by atoms with van der Waals surface area (Å²) < 4.78 is 14.4. The molecule has 1 amide bonds. The van der Waals surface area contributed by atoms with Crippen molar-refractivity contribution in [1.29, 1.82) is 0 Å². The Morgan fingerprint density at radius 1 is 1.50 bits per heavy atom. The standard InChI is InChI=1S/C13H16BrClFNO/c1-9(2)17(7-3-6-15)13(18)11-8-10(14)4-5-12(11)16/h4-5,8-9H,3,6-7H2,1-2H3. The van der Waals surface area contributed by atoms with Gasteiger partial charge in [-0.25, -0.2) is 4.39 Å². The molecule has 0 aliphatic rings. The van der Waals surface area contributed by atoms with Crippen LogP contribution in [0.4, 0.5) is 4.39 Å². The second-order valence-electron chi connectivity index (χ2n) is 4.26. The van der Waals surface area contributed by atoms with Crippen LogP contribution in [-0.2, 0) is 0 Å². The largest absolute Gasteiger partial charge is 0.336 e. The first kappa shape index (κ1) is 15.4. The Bertz CT molecular complexity index is 425.